The number of hydrogen-bond acceptors (Lipinski definition) is 4. The first-order chi connectivity index (χ1) is 16.4. The molecule has 34 heavy (non-hydrogen) atoms. The lowest BCUT2D eigenvalue weighted by molar-refractivity contribution is -0.139. The van der Waals surface area contributed by atoms with Gasteiger partial charge in [0.15, 0.2) is 0 Å². The molecule has 4 aromatic carbocycles. The van der Waals surface area contributed by atoms with E-state index in [4.69, 9.17) is 14.6 Å². The topological polar surface area (TPSA) is 93.1 Å². The van der Waals surface area contributed by atoms with Crippen molar-refractivity contribution in [3.05, 3.63) is 83.9 Å². The lowest BCUT2D eigenvalue weighted by Gasteiger charge is -2.14. The second kappa shape index (κ2) is 11.2. The fourth-order valence-corrected chi connectivity index (χ4v) is 3.99. The van der Waals surface area contributed by atoms with E-state index in [2.05, 4.69) is 0 Å². The standard InChI is InChI=1S/C15H16O3.C13H12O3/c1-3-12(15(16)17)13-6-4-5-10-7-8-11(18-2)9-14(10)13;1-16-11-6-5-9-3-2-4-10(7-13(14)15)12(9)8-11/h4-9,12H,3H2,1-2H3,(H,16,17);2-6,8H,7H2,1H3,(H,14,15). The molecular formula is C28H28O6. The summed E-state index contributed by atoms with van der Waals surface area (Å²) in [5, 5.41) is 22.1. The Morgan fingerprint density at radius 2 is 1.35 bits per heavy atom. The minimum Gasteiger partial charge on any atom is -0.497 e. The van der Waals surface area contributed by atoms with E-state index in [1.54, 1.807) is 14.2 Å². The van der Waals surface area contributed by atoms with Crippen molar-refractivity contribution in [2.45, 2.75) is 25.7 Å². The maximum absolute atomic E-state index is 11.3. The van der Waals surface area contributed by atoms with Crippen LogP contribution in [0.2, 0.25) is 0 Å². The van der Waals surface area contributed by atoms with Gasteiger partial charge in [0.05, 0.1) is 26.6 Å². The monoisotopic (exact) mass is 460 g/mol. The Morgan fingerprint density at radius 1 is 0.794 bits per heavy atom. The Balaban J connectivity index is 0.000000192. The maximum Gasteiger partial charge on any atom is 0.310 e. The Hall–Kier alpha value is -4.06. The fraction of sp³-hybridized carbons (Fsp3) is 0.214. The largest absolute Gasteiger partial charge is 0.497 e. The number of methoxy groups -OCH3 is 2. The predicted octanol–water partition coefficient (Wildman–Crippen LogP) is 5.90. The van der Waals surface area contributed by atoms with Crippen LogP contribution in [0.15, 0.2) is 72.8 Å². The number of rotatable bonds is 7. The van der Waals surface area contributed by atoms with Crippen LogP contribution in [0.3, 0.4) is 0 Å². The molecule has 0 aromatic heterocycles. The van der Waals surface area contributed by atoms with Crippen LogP contribution in [-0.4, -0.2) is 36.4 Å². The minimum atomic E-state index is -0.824. The second-order valence-electron chi connectivity index (χ2n) is 7.81. The van der Waals surface area contributed by atoms with Gasteiger partial charge in [-0.15, -0.1) is 0 Å². The summed E-state index contributed by atoms with van der Waals surface area (Å²) in [6.07, 6.45) is 0.607. The third-order valence-corrected chi connectivity index (χ3v) is 5.73. The molecule has 176 valence electrons. The van der Waals surface area contributed by atoms with Gasteiger partial charge in [-0.3, -0.25) is 9.59 Å². The molecule has 6 heteroatoms. The number of fused-ring (bicyclic) bond motifs is 2. The number of carbonyl (C=O) groups is 2. The number of carboxylic acids is 2. The van der Waals surface area contributed by atoms with E-state index in [1.165, 1.54) is 0 Å². The van der Waals surface area contributed by atoms with Crippen LogP contribution < -0.4 is 9.47 Å². The average Bonchev–Trinajstić information content (AvgIpc) is 2.84. The number of benzene rings is 4. The first-order valence-corrected chi connectivity index (χ1v) is 10.9. The summed E-state index contributed by atoms with van der Waals surface area (Å²) in [6, 6.07) is 22.8. The average molecular weight is 461 g/mol. The van der Waals surface area contributed by atoms with E-state index in [9.17, 15) is 14.7 Å². The summed E-state index contributed by atoms with van der Waals surface area (Å²) in [5.41, 5.74) is 1.66. The number of aliphatic carboxylic acids is 2. The molecule has 0 spiro atoms. The lowest BCUT2D eigenvalue weighted by atomic mass is 9.91. The summed E-state index contributed by atoms with van der Waals surface area (Å²) < 4.78 is 10.3. The molecule has 1 unspecified atom stereocenters. The zero-order valence-electron chi connectivity index (χ0n) is 19.4. The smallest absolute Gasteiger partial charge is 0.310 e. The van der Waals surface area contributed by atoms with Crippen molar-refractivity contribution in [3.63, 3.8) is 0 Å². The second-order valence-corrected chi connectivity index (χ2v) is 7.81. The molecule has 0 saturated heterocycles. The number of hydrogen-bond donors (Lipinski definition) is 2. The van der Waals surface area contributed by atoms with Crippen LogP contribution in [0.25, 0.3) is 21.5 Å². The Bertz CT molecular complexity index is 1310. The summed E-state index contributed by atoms with van der Waals surface area (Å²) in [5.74, 6) is -0.593. The molecule has 4 aromatic rings. The zero-order chi connectivity index (χ0) is 24.7. The van der Waals surface area contributed by atoms with Crippen LogP contribution in [0, 0.1) is 0 Å². The molecule has 6 nitrogen and oxygen atoms in total. The van der Waals surface area contributed by atoms with Crippen molar-refractivity contribution in [1.82, 2.24) is 0 Å². The van der Waals surface area contributed by atoms with E-state index in [1.807, 2.05) is 79.7 Å². The molecule has 0 fully saturated rings. The van der Waals surface area contributed by atoms with Gasteiger partial charge in [-0.25, -0.2) is 0 Å². The quantitative estimate of drug-likeness (QED) is 0.357. The molecule has 0 aliphatic heterocycles. The van der Waals surface area contributed by atoms with Crippen molar-refractivity contribution >= 4 is 33.5 Å². The van der Waals surface area contributed by atoms with Crippen molar-refractivity contribution in [2.24, 2.45) is 0 Å². The van der Waals surface area contributed by atoms with Crippen molar-refractivity contribution in [1.29, 1.82) is 0 Å². The highest BCUT2D eigenvalue weighted by Gasteiger charge is 2.19. The van der Waals surface area contributed by atoms with Gasteiger partial charge in [-0.2, -0.15) is 0 Å². The highest BCUT2D eigenvalue weighted by molar-refractivity contribution is 5.92. The maximum atomic E-state index is 11.3. The van der Waals surface area contributed by atoms with E-state index in [-0.39, 0.29) is 6.42 Å². The lowest BCUT2D eigenvalue weighted by Crippen LogP contribution is -2.10. The Labute approximate surface area is 198 Å². The SMILES string of the molecule is CCC(C(=O)O)c1cccc2ccc(OC)cc12.COc1ccc2cccc(CC(=O)O)c2c1. The molecule has 1 atom stereocenters. The van der Waals surface area contributed by atoms with Gasteiger partial charge < -0.3 is 19.7 Å². The van der Waals surface area contributed by atoms with E-state index >= 15 is 0 Å². The van der Waals surface area contributed by atoms with E-state index < -0.39 is 17.9 Å². The van der Waals surface area contributed by atoms with Crippen LogP contribution in [0.4, 0.5) is 0 Å². The van der Waals surface area contributed by atoms with Gasteiger partial charge >= 0.3 is 11.9 Å². The van der Waals surface area contributed by atoms with Crippen LogP contribution in [0.5, 0.6) is 11.5 Å². The highest BCUT2D eigenvalue weighted by atomic mass is 16.5. The molecule has 2 N–H and O–H groups in total. The van der Waals surface area contributed by atoms with Gasteiger partial charge in [-0.1, -0.05) is 55.5 Å². The first kappa shape index (κ1) is 24.6. The predicted molar refractivity (Wildman–Crippen MR) is 133 cm³/mol. The van der Waals surface area contributed by atoms with Gasteiger partial charge in [0.2, 0.25) is 0 Å². The minimum absolute atomic E-state index is 0.0322. The fourth-order valence-electron chi connectivity index (χ4n) is 3.99. The van der Waals surface area contributed by atoms with Gasteiger partial charge in [0.1, 0.15) is 11.5 Å². The zero-order valence-corrected chi connectivity index (χ0v) is 19.4. The summed E-state index contributed by atoms with van der Waals surface area (Å²) in [7, 11) is 3.21. The van der Waals surface area contributed by atoms with Gasteiger partial charge in [0, 0.05) is 0 Å². The normalized spacial score (nSPS) is 11.4. The van der Waals surface area contributed by atoms with Crippen LogP contribution >= 0.6 is 0 Å². The Kier molecular flexibility index (Phi) is 8.09. The molecule has 0 radical (unpaired) electrons. The summed E-state index contributed by atoms with van der Waals surface area (Å²) >= 11 is 0. The van der Waals surface area contributed by atoms with Gasteiger partial charge in [0.25, 0.3) is 0 Å². The van der Waals surface area contributed by atoms with Crippen LogP contribution in [0.1, 0.15) is 30.4 Å². The number of ether oxygens (including phenoxy) is 2. The molecule has 4 rings (SSSR count). The Morgan fingerprint density at radius 3 is 1.88 bits per heavy atom. The first-order valence-electron chi connectivity index (χ1n) is 10.9. The molecular weight excluding hydrogens is 432 g/mol. The third-order valence-electron chi connectivity index (χ3n) is 5.73. The van der Waals surface area contributed by atoms with E-state index in [0.29, 0.717) is 6.42 Å². The van der Waals surface area contributed by atoms with Crippen molar-refractivity contribution in [3.8, 4) is 11.5 Å². The van der Waals surface area contributed by atoms with Crippen molar-refractivity contribution < 1.29 is 29.3 Å². The summed E-state index contributed by atoms with van der Waals surface area (Å²) in [6.45, 7) is 1.89. The molecule has 0 bridgehead atoms. The third kappa shape index (κ3) is 5.64. The van der Waals surface area contributed by atoms with Gasteiger partial charge in [-0.05, 0) is 63.4 Å². The highest BCUT2D eigenvalue weighted by Crippen LogP contribution is 2.30. The number of carboxylic acid groups (broad SMARTS) is 2. The molecule has 0 aliphatic carbocycles. The molecule has 0 aliphatic rings. The van der Waals surface area contributed by atoms with Crippen LogP contribution in [-0.2, 0) is 16.0 Å². The molecule has 0 saturated carbocycles. The molecule has 0 amide bonds. The molecule has 0 heterocycles. The van der Waals surface area contributed by atoms with E-state index in [0.717, 1.165) is 44.2 Å². The summed E-state index contributed by atoms with van der Waals surface area (Å²) in [4.78, 5) is 22.0. The van der Waals surface area contributed by atoms with Crippen molar-refractivity contribution in [2.75, 3.05) is 14.2 Å².